The predicted molar refractivity (Wildman–Crippen MR) is 51.9 cm³/mol. The molecule has 1 heterocycles. The number of hydrogen-bond acceptors (Lipinski definition) is 3. The lowest BCUT2D eigenvalue weighted by molar-refractivity contribution is 0.240. The summed E-state index contributed by atoms with van der Waals surface area (Å²) in [6, 6.07) is 0. The average molecular weight is 169 g/mol. The standard InChI is InChI=1S/C9H19N3/c1-5-6-8-11-10-7-12(8)9(2,3)4/h10H,5-7H2,1-4H3. The zero-order valence-corrected chi connectivity index (χ0v) is 8.52. The van der Waals surface area contributed by atoms with Gasteiger partial charge in [0.05, 0.1) is 0 Å². The molecule has 1 aliphatic rings. The first kappa shape index (κ1) is 9.36. The van der Waals surface area contributed by atoms with Crippen LogP contribution in [0.3, 0.4) is 0 Å². The summed E-state index contributed by atoms with van der Waals surface area (Å²) in [6.07, 6.45) is 2.23. The van der Waals surface area contributed by atoms with Crippen LogP contribution in [0.5, 0.6) is 0 Å². The summed E-state index contributed by atoms with van der Waals surface area (Å²) in [4.78, 5) is 2.32. The first-order valence-corrected chi connectivity index (χ1v) is 4.62. The van der Waals surface area contributed by atoms with E-state index in [0.717, 1.165) is 19.5 Å². The molecule has 0 spiro atoms. The molecule has 0 aromatic heterocycles. The lowest BCUT2D eigenvalue weighted by atomic mass is 10.1. The van der Waals surface area contributed by atoms with E-state index in [1.165, 1.54) is 5.84 Å². The third-order valence-corrected chi connectivity index (χ3v) is 2.03. The van der Waals surface area contributed by atoms with E-state index in [0.29, 0.717) is 0 Å². The molecule has 3 nitrogen and oxygen atoms in total. The molecule has 70 valence electrons. The zero-order valence-electron chi connectivity index (χ0n) is 8.52. The molecular formula is C9H19N3. The molecule has 1 N–H and O–H groups in total. The van der Waals surface area contributed by atoms with Gasteiger partial charge in [-0.3, -0.25) is 5.43 Å². The summed E-state index contributed by atoms with van der Waals surface area (Å²) in [5, 5.41) is 4.27. The lowest BCUT2D eigenvalue weighted by Gasteiger charge is -2.33. The molecule has 0 unspecified atom stereocenters. The van der Waals surface area contributed by atoms with Crippen molar-refractivity contribution in [3.05, 3.63) is 0 Å². The second kappa shape index (κ2) is 3.33. The van der Waals surface area contributed by atoms with Crippen LogP contribution in [0.2, 0.25) is 0 Å². The van der Waals surface area contributed by atoms with Gasteiger partial charge in [0.1, 0.15) is 12.5 Å². The Bertz CT molecular complexity index is 179. The molecule has 12 heavy (non-hydrogen) atoms. The van der Waals surface area contributed by atoms with Gasteiger partial charge in [0.15, 0.2) is 0 Å². The Kier molecular flexibility index (Phi) is 2.60. The minimum atomic E-state index is 0.192. The van der Waals surface area contributed by atoms with Crippen molar-refractivity contribution in [3.63, 3.8) is 0 Å². The van der Waals surface area contributed by atoms with Crippen molar-refractivity contribution in [3.8, 4) is 0 Å². The van der Waals surface area contributed by atoms with Gasteiger partial charge in [0.25, 0.3) is 0 Å². The molecule has 3 heteroatoms. The van der Waals surface area contributed by atoms with Crippen LogP contribution >= 0.6 is 0 Å². The van der Waals surface area contributed by atoms with Gasteiger partial charge in [-0.05, 0) is 27.2 Å². The van der Waals surface area contributed by atoms with Crippen molar-refractivity contribution >= 4 is 5.84 Å². The van der Waals surface area contributed by atoms with Gasteiger partial charge in [-0.25, -0.2) is 0 Å². The van der Waals surface area contributed by atoms with Crippen molar-refractivity contribution < 1.29 is 0 Å². The molecule has 1 aliphatic heterocycles. The van der Waals surface area contributed by atoms with Gasteiger partial charge >= 0.3 is 0 Å². The monoisotopic (exact) mass is 169 g/mol. The van der Waals surface area contributed by atoms with Crippen LogP contribution in [-0.4, -0.2) is 22.9 Å². The Hall–Kier alpha value is -0.730. The van der Waals surface area contributed by atoms with Crippen LogP contribution in [0.4, 0.5) is 0 Å². The molecular weight excluding hydrogens is 150 g/mol. The van der Waals surface area contributed by atoms with E-state index in [1.54, 1.807) is 0 Å². The highest BCUT2D eigenvalue weighted by Crippen LogP contribution is 2.17. The highest BCUT2D eigenvalue weighted by atomic mass is 15.5. The Balaban J connectivity index is 2.62. The molecule has 0 radical (unpaired) electrons. The summed E-state index contributed by atoms with van der Waals surface area (Å²) in [6.45, 7) is 9.68. The summed E-state index contributed by atoms with van der Waals surface area (Å²) < 4.78 is 0. The van der Waals surface area contributed by atoms with Gasteiger partial charge in [0, 0.05) is 12.0 Å². The van der Waals surface area contributed by atoms with Gasteiger partial charge in [-0.15, -0.1) is 0 Å². The SMILES string of the molecule is CCCC1=NNCN1C(C)(C)C. The average Bonchev–Trinajstić information content (AvgIpc) is 2.34. The summed E-state index contributed by atoms with van der Waals surface area (Å²) in [7, 11) is 0. The minimum Gasteiger partial charge on any atom is -0.335 e. The van der Waals surface area contributed by atoms with Crippen LogP contribution in [-0.2, 0) is 0 Å². The van der Waals surface area contributed by atoms with E-state index >= 15 is 0 Å². The highest BCUT2D eigenvalue weighted by molar-refractivity contribution is 5.83. The second-order valence-electron chi connectivity index (χ2n) is 4.19. The van der Waals surface area contributed by atoms with Crippen LogP contribution < -0.4 is 5.43 Å². The Labute approximate surface area is 74.8 Å². The quantitative estimate of drug-likeness (QED) is 0.682. The fourth-order valence-electron chi connectivity index (χ4n) is 1.39. The fourth-order valence-corrected chi connectivity index (χ4v) is 1.39. The van der Waals surface area contributed by atoms with Crippen LogP contribution in [0, 0.1) is 0 Å². The maximum absolute atomic E-state index is 4.27. The first-order valence-electron chi connectivity index (χ1n) is 4.62. The zero-order chi connectivity index (χ0) is 9.19. The summed E-state index contributed by atoms with van der Waals surface area (Å²) >= 11 is 0. The molecule has 0 fully saturated rings. The van der Waals surface area contributed by atoms with Crippen LogP contribution in [0.25, 0.3) is 0 Å². The normalized spacial score (nSPS) is 17.7. The third-order valence-electron chi connectivity index (χ3n) is 2.03. The van der Waals surface area contributed by atoms with E-state index in [-0.39, 0.29) is 5.54 Å². The first-order chi connectivity index (χ1) is 5.55. The fraction of sp³-hybridized carbons (Fsp3) is 0.889. The number of nitrogens with zero attached hydrogens (tertiary/aromatic N) is 2. The number of hydrazone groups is 1. The van der Waals surface area contributed by atoms with E-state index < -0.39 is 0 Å². The second-order valence-corrected chi connectivity index (χ2v) is 4.19. The summed E-state index contributed by atoms with van der Waals surface area (Å²) in [5.41, 5.74) is 3.22. The molecule has 0 aromatic rings. The van der Waals surface area contributed by atoms with Crippen molar-refractivity contribution in [2.24, 2.45) is 5.10 Å². The molecule has 0 bridgehead atoms. The van der Waals surface area contributed by atoms with Crippen LogP contribution in [0.1, 0.15) is 40.5 Å². The Morgan fingerprint density at radius 2 is 2.17 bits per heavy atom. The molecule has 0 saturated heterocycles. The van der Waals surface area contributed by atoms with Crippen molar-refractivity contribution in [1.29, 1.82) is 0 Å². The predicted octanol–water partition coefficient (Wildman–Crippen LogP) is 1.76. The largest absolute Gasteiger partial charge is 0.335 e. The molecule has 1 rings (SSSR count). The molecule has 0 aliphatic carbocycles. The van der Waals surface area contributed by atoms with Gasteiger partial charge in [-0.1, -0.05) is 6.92 Å². The maximum Gasteiger partial charge on any atom is 0.126 e. The Morgan fingerprint density at radius 1 is 1.50 bits per heavy atom. The van der Waals surface area contributed by atoms with E-state index in [9.17, 15) is 0 Å². The molecule has 0 saturated carbocycles. The van der Waals surface area contributed by atoms with Crippen molar-refractivity contribution in [2.45, 2.75) is 46.1 Å². The van der Waals surface area contributed by atoms with Gasteiger partial charge in [0.2, 0.25) is 0 Å². The smallest absolute Gasteiger partial charge is 0.126 e. The summed E-state index contributed by atoms with van der Waals surface area (Å²) in [5.74, 6) is 1.20. The number of hydrogen-bond donors (Lipinski definition) is 1. The van der Waals surface area contributed by atoms with E-state index in [1.807, 2.05) is 0 Å². The lowest BCUT2D eigenvalue weighted by Crippen LogP contribution is -2.44. The van der Waals surface area contributed by atoms with E-state index in [4.69, 9.17) is 0 Å². The highest BCUT2D eigenvalue weighted by Gasteiger charge is 2.26. The molecule has 0 amide bonds. The number of nitrogens with one attached hydrogen (secondary N) is 1. The van der Waals surface area contributed by atoms with Gasteiger partial charge < -0.3 is 4.90 Å². The Morgan fingerprint density at radius 3 is 2.67 bits per heavy atom. The molecule has 0 atom stereocenters. The van der Waals surface area contributed by atoms with E-state index in [2.05, 4.69) is 43.1 Å². The minimum absolute atomic E-state index is 0.192. The van der Waals surface area contributed by atoms with Crippen LogP contribution in [0.15, 0.2) is 5.10 Å². The number of amidine groups is 1. The van der Waals surface area contributed by atoms with Gasteiger partial charge in [-0.2, -0.15) is 5.10 Å². The molecule has 0 aromatic carbocycles. The van der Waals surface area contributed by atoms with Crippen molar-refractivity contribution in [2.75, 3.05) is 6.67 Å². The number of rotatable bonds is 2. The topological polar surface area (TPSA) is 27.6 Å². The maximum atomic E-state index is 4.27. The van der Waals surface area contributed by atoms with Crippen molar-refractivity contribution in [1.82, 2.24) is 10.3 Å². The third kappa shape index (κ3) is 1.90.